The Morgan fingerprint density at radius 1 is 1.03 bits per heavy atom. The SMILES string of the molecule is S=C1C=CC(C(=S)c2ccccc2-c2nc3n(c2-c2ccncc2)CCC3)=CC1. The molecule has 2 aromatic heterocycles. The molecule has 1 aromatic carbocycles. The standard InChI is InChI=1S/C24H19N3S2/c28-18-9-7-17(8-10-18)24(29)20-5-2-1-4-19(20)22-23(16-11-13-25-14-12-16)27-15-3-6-21(27)26-22/h1-2,4-5,7-9,11-14H,3,6,10,15H2. The smallest absolute Gasteiger partial charge is 0.109 e. The molecule has 0 fully saturated rings. The van der Waals surface area contributed by atoms with Crippen LogP contribution in [0.25, 0.3) is 22.5 Å². The summed E-state index contributed by atoms with van der Waals surface area (Å²) in [5.74, 6) is 1.15. The Hall–Kier alpha value is -2.76. The largest absolute Gasteiger partial charge is 0.327 e. The Bertz CT molecular complexity index is 1190. The van der Waals surface area contributed by atoms with Gasteiger partial charge in [-0.1, -0.05) is 60.9 Å². The lowest BCUT2D eigenvalue weighted by molar-refractivity contribution is 0.756. The van der Waals surface area contributed by atoms with Gasteiger partial charge in [0, 0.05) is 53.3 Å². The van der Waals surface area contributed by atoms with E-state index in [1.807, 2.05) is 30.6 Å². The summed E-state index contributed by atoms with van der Waals surface area (Å²) in [6.45, 7) is 0.998. The molecule has 1 aliphatic carbocycles. The number of aromatic nitrogens is 3. The van der Waals surface area contributed by atoms with Crippen LogP contribution in [0.4, 0.5) is 0 Å². The second kappa shape index (κ2) is 7.58. The number of thiocarbonyl (C=S) groups is 2. The zero-order chi connectivity index (χ0) is 19.8. The normalized spacial score (nSPS) is 15.3. The quantitative estimate of drug-likeness (QED) is 0.415. The van der Waals surface area contributed by atoms with Crippen molar-refractivity contribution in [1.29, 1.82) is 0 Å². The molecule has 5 heteroatoms. The summed E-state index contributed by atoms with van der Waals surface area (Å²) in [6, 6.07) is 12.4. The van der Waals surface area contributed by atoms with Crippen LogP contribution in [0.5, 0.6) is 0 Å². The summed E-state index contributed by atoms with van der Waals surface area (Å²) >= 11 is 11.2. The van der Waals surface area contributed by atoms with E-state index in [0.717, 1.165) is 75.0 Å². The molecule has 3 heterocycles. The number of fused-ring (bicyclic) bond motifs is 1. The van der Waals surface area contributed by atoms with E-state index in [4.69, 9.17) is 29.4 Å². The number of rotatable bonds is 4. The van der Waals surface area contributed by atoms with Gasteiger partial charge in [-0.3, -0.25) is 4.98 Å². The molecule has 3 nitrogen and oxygen atoms in total. The van der Waals surface area contributed by atoms with Crippen LogP contribution < -0.4 is 0 Å². The summed E-state index contributed by atoms with van der Waals surface area (Å²) < 4.78 is 2.35. The van der Waals surface area contributed by atoms with Crippen LogP contribution in [0.1, 0.15) is 24.2 Å². The molecule has 0 saturated carbocycles. The van der Waals surface area contributed by atoms with Gasteiger partial charge < -0.3 is 4.57 Å². The van der Waals surface area contributed by atoms with Crippen molar-refractivity contribution in [3.05, 3.63) is 84.0 Å². The zero-order valence-electron chi connectivity index (χ0n) is 15.8. The molecular formula is C24H19N3S2. The van der Waals surface area contributed by atoms with Crippen LogP contribution >= 0.6 is 24.4 Å². The minimum atomic E-state index is 0.768. The molecule has 0 bridgehead atoms. The van der Waals surface area contributed by atoms with Crippen LogP contribution in [-0.4, -0.2) is 24.3 Å². The van der Waals surface area contributed by atoms with Gasteiger partial charge in [0.25, 0.3) is 0 Å². The number of hydrogen-bond acceptors (Lipinski definition) is 4. The van der Waals surface area contributed by atoms with Crippen molar-refractivity contribution in [2.24, 2.45) is 0 Å². The fourth-order valence-electron chi connectivity index (χ4n) is 4.06. The third-order valence-corrected chi connectivity index (χ3v) is 6.20. The van der Waals surface area contributed by atoms with E-state index >= 15 is 0 Å². The highest BCUT2D eigenvalue weighted by Gasteiger charge is 2.25. The first-order valence-electron chi connectivity index (χ1n) is 9.77. The van der Waals surface area contributed by atoms with E-state index in [1.54, 1.807) is 0 Å². The maximum Gasteiger partial charge on any atom is 0.109 e. The lowest BCUT2D eigenvalue weighted by atomic mass is 9.93. The molecule has 142 valence electrons. The van der Waals surface area contributed by atoms with Crippen molar-refractivity contribution in [3.8, 4) is 22.5 Å². The van der Waals surface area contributed by atoms with Crippen molar-refractivity contribution >= 4 is 34.2 Å². The third-order valence-electron chi connectivity index (χ3n) is 5.44. The van der Waals surface area contributed by atoms with E-state index in [-0.39, 0.29) is 0 Å². The first-order valence-corrected chi connectivity index (χ1v) is 10.6. The summed E-state index contributed by atoms with van der Waals surface area (Å²) in [5, 5.41) is 0. The number of pyridine rings is 1. The molecule has 0 saturated heterocycles. The molecular weight excluding hydrogens is 394 g/mol. The van der Waals surface area contributed by atoms with Crippen LogP contribution in [0, 0.1) is 0 Å². The van der Waals surface area contributed by atoms with Crippen molar-refractivity contribution in [1.82, 2.24) is 14.5 Å². The Morgan fingerprint density at radius 3 is 2.66 bits per heavy atom. The van der Waals surface area contributed by atoms with Gasteiger partial charge in [0.05, 0.1) is 16.3 Å². The maximum atomic E-state index is 5.90. The number of aryl methyl sites for hydroxylation is 1. The molecule has 2 aliphatic rings. The summed E-state index contributed by atoms with van der Waals surface area (Å²) in [5.41, 5.74) is 6.47. The van der Waals surface area contributed by atoms with Gasteiger partial charge in [-0.25, -0.2) is 4.98 Å². The number of nitrogens with zero attached hydrogens (tertiary/aromatic N) is 3. The Labute approximate surface area is 180 Å². The predicted molar refractivity (Wildman–Crippen MR) is 125 cm³/mol. The van der Waals surface area contributed by atoms with Gasteiger partial charge >= 0.3 is 0 Å². The summed E-state index contributed by atoms with van der Waals surface area (Å²) in [7, 11) is 0. The number of imidazole rings is 1. The number of benzene rings is 1. The Morgan fingerprint density at radius 2 is 1.86 bits per heavy atom. The minimum Gasteiger partial charge on any atom is -0.327 e. The molecule has 0 amide bonds. The van der Waals surface area contributed by atoms with Gasteiger partial charge in [-0.05, 0) is 30.2 Å². The summed E-state index contributed by atoms with van der Waals surface area (Å²) in [6.07, 6.45) is 12.7. The fraction of sp³-hybridized carbons (Fsp3) is 0.167. The van der Waals surface area contributed by atoms with Crippen LogP contribution in [0.2, 0.25) is 0 Å². The monoisotopic (exact) mass is 413 g/mol. The molecule has 5 rings (SSSR count). The van der Waals surface area contributed by atoms with Crippen LogP contribution in [-0.2, 0) is 13.0 Å². The van der Waals surface area contributed by atoms with E-state index in [0.29, 0.717) is 0 Å². The molecule has 1 aliphatic heterocycles. The second-order valence-electron chi connectivity index (χ2n) is 7.25. The van der Waals surface area contributed by atoms with Crippen molar-refractivity contribution in [2.45, 2.75) is 25.8 Å². The third kappa shape index (κ3) is 3.30. The highest BCUT2D eigenvalue weighted by Crippen LogP contribution is 2.37. The van der Waals surface area contributed by atoms with Crippen LogP contribution in [0.15, 0.2) is 72.6 Å². The molecule has 0 N–H and O–H groups in total. The average Bonchev–Trinajstić information content (AvgIpc) is 3.35. The van der Waals surface area contributed by atoms with Gasteiger partial charge in [0.1, 0.15) is 5.82 Å². The minimum absolute atomic E-state index is 0.768. The van der Waals surface area contributed by atoms with E-state index in [9.17, 15) is 0 Å². The first kappa shape index (κ1) is 18.3. The molecule has 0 spiro atoms. The average molecular weight is 414 g/mol. The van der Waals surface area contributed by atoms with Gasteiger partial charge in [-0.2, -0.15) is 0 Å². The number of hydrogen-bond donors (Lipinski definition) is 0. The highest BCUT2D eigenvalue weighted by molar-refractivity contribution is 7.81. The van der Waals surface area contributed by atoms with E-state index < -0.39 is 0 Å². The lowest BCUT2D eigenvalue weighted by Crippen LogP contribution is -2.07. The molecule has 0 atom stereocenters. The Balaban J connectivity index is 1.66. The van der Waals surface area contributed by atoms with Crippen molar-refractivity contribution in [2.75, 3.05) is 0 Å². The van der Waals surface area contributed by atoms with E-state index in [1.165, 1.54) is 0 Å². The molecule has 3 aromatic rings. The predicted octanol–water partition coefficient (Wildman–Crippen LogP) is 5.53. The molecule has 0 unspecified atom stereocenters. The highest BCUT2D eigenvalue weighted by atomic mass is 32.1. The van der Waals surface area contributed by atoms with E-state index in [2.05, 4.69) is 46.0 Å². The molecule has 0 radical (unpaired) electrons. The maximum absolute atomic E-state index is 5.90. The second-order valence-corrected chi connectivity index (χ2v) is 8.19. The lowest BCUT2D eigenvalue weighted by Gasteiger charge is -2.14. The fourth-order valence-corrected chi connectivity index (χ4v) is 4.54. The van der Waals surface area contributed by atoms with Gasteiger partial charge in [0.2, 0.25) is 0 Å². The first-order chi connectivity index (χ1) is 14.2. The van der Waals surface area contributed by atoms with Crippen LogP contribution in [0.3, 0.4) is 0 Å². The summed E-state index contributed by atoms with van der Waals surface area (Å²) in [4.78, 5) is 11.0. The topological polar surface area (TPSA) is 30.7 Å². The zero-order valence-corrected chi connectivity index (χ0v) is 17.5. The number of allylic oxidation sites excluding steroid dienone is 4. The van der Waals surface area contributed by atoms with Gasteiger partial charge in [-0.15, -0.1) is 0 Å². The van der Waals surface area contributed by atoms with Crippen molar-refractivity contribution in [3.63, 3.8) is 0 Å². The van der Waals surface area contributed by atoms with Crippen molar-refractivity contribution < 1.29 is 0 Å². The van der Waals surface area contributed by atoms with Gasteiger partial charge in [0.15, 0.2) is 0 Å². The molecule has 29 heavy (non-hydrogen) atoms. The Kier molecular flexibility index (Phi) is 4.78.